The molecule has 7 heteroatoms. The molecule has 0 spiro atoms. The molecule has 7 nitrogen and oxygen atoms in total. The number of nitrogens with zero attached hydrogens (tertiary/aromatic N) is 6. The molecule has 0 saturated carbocycles. The number of aromatic nitrogens is 5. The molecule has 1 unspecified atom stereocenters. The van der Waals surface area contributed by atoms with Crippen molar-refractivity contribution in [2.24, 2.45) is 0 Å². The Bertz CT molecular complexity index is 552. The van der Waals surface area contributed by atoms with Gasteiger partial charge in [-0.05, 0) is 25.8 Å². The van der Waals surface area contributed by atoms with Crippen molar-refractivity contribution in [1.29, 1.82) is 0 Å². The topological polar surface area (TPSA) is 72.9 Å². The number of likely N-dealkylation sites (tertiary alicyclic amines) is 1. The molecule has 3 rings (SSSR count). The van der Waals surface area contributed by atoms with Gasteiger partial charge in [-0.15, -0.1) is 0 Å². The van der Waals surface area contributed by atoms with E-state index >= 15 is 0 Å². The molecule has 1 aliphatic rings. The Kier molecular flexibility index (Phi) is 5.15. The number of piperidine rings is 1. The van der Waals surface area contributed by atoms with Crippen molar-refractivity contribution in [2.45, 2.75) is 64.6 Å². The molecule has 1 atom stereocenters. The van der Waals surface area contributed by atoms with Crippen LogP contribution in [-0.2, 0) is 19.5 Å². The lowest BCUT2D eigenvalue weighted by molar-refractivity contribution is 0.117. The molecule has 0 radical (unpaired) electrons. The maximum atomic E-state index is 5.33. The Balaban J connectivity index is 1.59. The smallest absolute Gasteiger partial charge is 0.226 e. The monoisotopic (exact) mass is 304 g/mol. The van der Waals surface area contributed by atoms with Gasteiger partial charge in [0.05, 0.1) is 13.1 Å². The summed E-state index contributed by atoms with van der Waals surface area (Å²) in [6, 6.07) is 0.466. The van der Waals surface area contributed by atoms with E-state index in [-0.39, 0.29) is 0 Å². The number of unbranched alkanes of at least 4 members (excludes halogenated alkanes) is 1. The van der Waals surface area contributed by atoms with Crippen LogP contribution in [0.2, 0.25) is 0 Å². The number of aryl methyl sites for hydroxylation is 1. The van der Waals surface area contributed by atoms with Crippen molar-refractivity contribution < 1.29 is 4.52 Å². The van der Waals surface area contributed by atoms with Crippen molar-refractivity contribution in [2.75, 3.05) is 6.54 Å². The van der Waals surface area contributed by atoms with Crippen molar-refractivity contribution in [3.05, 3.63) is 24.4 Å². The molecule has 1 saturated heterocycles. The Morgan fingerprint density at radius 2 is 2.32 bits per heavy atom. The SMILES string of the molecule is CCCCc1nc(CN2CCCCC2Cn2cncn2)no1. The minimum absolute atomic E-state index is 0.466. The van der Waals surface area contributed by atoms with E-state index in [0.717, 1.165) is 50.6 Å². The van der Waals surface area contributed by atoms with Crippen molar-refractivity contribution in [3.8, 4) is 0 Å². The summed E-state index contributed by atoms with van der Waals surface area (Å²) in [4.78, 5) is 11.0. The van der Waals surface area contributed by atoms with Gasteiger partial charge < -0.3 is 4.52 Å². The van der Waals surface area contributed by atoms with Crippen LogP contribution in [0.4, 0.5) is 0 Å². The maximum Gasteiger partial charge on any atom is 0.226 e. The average molecular weight is 304 g/mol. The Morgan fingerprint density at radius 1 is 1.36 bits per heavy atom. The van der Waals surface area contributed by atoms with Crippen LogP contribution in [0.5, 0.6) is 0 Å². The minimum atomic E-state index is 0.466. The molecule has 22 heavy (non-hydrogen) atoms. The molecular formula is C15H24N6O. The van der Waals surface area contributed by atoms with Gasteiger partial charge in [0.1, 0.15) is 12.7 Å². The molecule has 0 amide bonds. The molecule has 0 bridgehead atoms. The third kappa shape index (κ3) is 3.91. The second-order valence-corrected chi connectivity index (χ2v) is 5.95. The highest BCUT2D eigenvalue weighted by Gasteiger charge is 2.24. The normalized spacial score (nSPS) is 19.6. The zero-order valence-electron chi connectivity index (χ0n) is 13.2. The quantitative estimate of drug-likeness (QED) is 0.779. The zero-order chi connectivity index (χ0) is 15.2. The zero-order valence-corrected chi connectivity index (χ0v) is 13.2. The lowest BCUT2D eigenvalue weighted by Crippen LogP contribution is -2.41. The first-order valence-electron chi connectivity index (χ1n) is 8.23. The standard InChI is InChI=1S/C15H24N6O/c1-2-3-7-15-18-14(19-22-15)10-20-8-5-4-6-13(20)9-21-12-16-11-17-21/h11-13H,2-10H2,1H3. The molecule has 2 aromatic heterocycles. The summed E-state index contributed by atoms with van der Waals surface area (Å²) in [5.41, 5.74) is 0. The van der Waals surface area contributed by atoms with E-state index in [1.165, 1.54) is 19.3 Å². The van der Waals surface area contributed by atoms with Gasteiger partial charge in [0, 0.05) is 12.5 Å². The molecule has 0 N–H and O–H groups in total. The van der Waals surface area contributed by atoms with Gasteiger partial charge in [-0.25, -0.2) is 4.98 Å². The van der Waals surface area contributed by atoms with Crippen molar-refractivity contribution in [1.82, 2.24) is 29.8 Å². The molecule has 1 fully saturated rings. The van der Waals surface area contributed by atoms with E-state index in [2.05, 4.69) is 32.0 Å². The van der Waals surface area contributed by atoms with Crippen LogP contribution in [-0.4, -0.2) is 42.4 Å². The molecule has 120 valence electrons. The molecule has 1 aliphatic heterocycles. The Labute approximate surface area is 130 Å². The second-order valence-electron chi connectivity index (χ2n) is 5.95. The largest absolute Gasteiger partial charge is 0.339 e. The predicted octanol–water partition coefficient (Wildman–Crippen LogP) is 2.06. The summed E-state index contributed by atoms with van der Waals surface area (Å²) in [5.74, 6) is 1.57. The van der Waals surface area contributed by atoms with E-state index in [1.54, 1.807) is 12.7 Å². The van der Waals surface area contributed by atoms with E-state index in [1.807, 2.05) is 4.68 Å². The number of rotatable bonds is 7. The second kappa shape index (κ2) is 7.49. The van der Waals surface area contributed by atoms with Crippen LogP contribution < -0.4 is 0 Å². The third-order valence-electron chi connectivity index (χ3n) is 4.21. The summed E-state index contributed by atoms with van der Waals surface area (Å²) in [7, 11) is 0. The van der Waals surface area contributed by atoms with Gasteiger partial charge in [0.25, 0.3) is 0 Å². The highest BCUT2D eigenvalue weighted by Crippen LogP contribution is 2.20. The first-order valence-corrected chi connectivity index (χ1v) is 8.23. The van der Waals surface area contributed by atoms with E-state index in [0.29, 0.717) is 6.04 Å². The summed E-state index contributed by atoms with van der Waals surface area (Å²) in [6.07, 6.45) is 10.2. The minimum Gasteiger partial charge on any atom is -0.339 e. The lowest BCUT2D eigenvalue weighted by Gasteiger charge is -2.34. The summed E-state index contributed by atoms with van der Waals surface area (Å²) in [6.45, 7) is 4.88. The fraction of sp³-hybridized carbons (Fsp3) is 0.733. The summed E-state index contributed by atoms with van der Waals surface area (Å²) in [5, 5.41) is 8.35. The van der Waals surface area contributed by atoms with Crippen molar-refractivity contribution in [3.63, 3.8) is 0 Å². The van der Waals surface area contributed by atoms with Crippen molar-refractivity contribution >= 4 is 0 Å². The Morgan fingerprint density at radius 3 is 3.14 bits per heavy atom. The molecule has 0 aliphatic carbocycles. The van der Waals surface area contributed by atoms with Gasteiger partial charge in [-0.3, -0.25) is 9.58 Å². The van der Waals surface area contributed by atoms with Gasteiger partial charge in [-0.2, -0.15) is 10.1 Å². The predicted molar refractivity (Wildman–Crippen MR) is 81.0 cm³/mol. The van der Waals surface area contributed by atoms with Gasteiger partial charge in [0.15, 0.2) is 5.82 Å². The fourth-order valence-corrected chi connectivity index (χ4v) is 2.98. The highest BCUT2D eigenvalue weighted by atomic mass is 16.5. The average Bonchev–Trinajstić information content (AvgIpc) is 3.19. The van der Waals surface area contributed by atoms with Crippen LogP contribution in [0.25, 0.3) is 0 Å². The maximum absolute atomic E-state index is 5.33. The van der Waals surface area contributed by atoms with Gasteiger partial charge >= 0.3 is 0 Å². The molecule has 0 aromatic carbocycles. The molecule has 3 heterocycles. The molecule has 2 aromatic rings. The lowest BCUT2D eigenvalue weighted by atomic mass is 10.0. The van der Waals surface area contributed by atoms with E-state index < -0.39 is 0 Å². The first-order chi connectivity index (χ1) is 10.8. The fourth-order valence-electron chi connectivity index (χ4n) is 2.98. The third-order valence-corrected chi connectivity index (χ3v) is 4.21. The highest BCUT2D eigenvalue weighted by molar-refractivity contribution is 4.89. The van der Waals surface area contributed by atoms with Crippen LogP contribution in [0.15, 0.2) is 17.2 Å². The number of hydrogen-bond acceptors (Lipinski definition) is 6. The van der Waals surface area contributed by atoms with Crippen LogP contribution in [0, 0.1) is 0 Å². The van der Waals surface area contributed by atoms with Gasteiger partial charge in [-0.1, -0.05) is 24.9 Å². The Hall–Kier alpha value is -1.76. The first kappa shape index (κ1) is 15.1. The summed E-state index contributed by atoms with van der Waals surface area (Å²) < 4.78 is 7.24. The summed E-state index contributed by atoms with van der Waals surface area (Å²) >= 11 is 0. The van der Waals surface area contributed by atoms with E-state index in [9.17, 15) is 0 Å². The van der Waals surface area contributed by atoms with Gasteiger partial charge in [0.2, 0.25) is 5.89 Å². The van der Waals surface area contributed by atoms with Crippen LogP contribution in [0.1, 0.15) is 50.7 Å². The molecular weight excluding hydrogens is 280 g/mol. The van der Waals surface area contributed by atoms with Crippen LogP contribution in [0.3, 0.4) is 0 Å². The number of hydrogen-bond donors (Lipinski definition) is 0. The van der Waals surface area contributed by atoms with Crippen LogP contribution >= 0.6 is 0 Å². The van der Waals surface area contributed by atoms with E-state index in [4.69, 9.17) is 4.52 Å².